The van der Waals surface area contributed by atoms with Gasteiger partial charge in [-0.3, -0.25) is 0 Å². The van der Waals surface area contributed by atoms with Crippen molar-refractivity contribution < 1.29 is 14.2 Å². The standard InChI is InChI=1S/C19H26N4O3/c1-24-11-10-21-15-6-4-14(5-7-15)13-22-19(20)23-16-8-9-17(25-2)18(12-16)26-3/h4-9,12,21H,10-11,13H2,1-3H3,(H3,20,22,23). The summed E-state index contributed by atoms with van der Waals surface area (Å²) in [6.07, 6.45) is 0. The van der Waals surface area contributed by atoms with E-state index in [1.807, 2.05) is 42.5 Å². The van der Waals surface area contributed by atoms with Crippen molar-refractivity contribution in [1.29, 1.82) is 0 Å². The maximum atomic E-state index is 5.97. The number of anilines is 2. The lowest BCUT2D eigenvalue weighted by Gasteiger charge is -2.11. The van der Waals surface area contributed by atoms with Crippen LogP contribution >= 0.6 is 0 Å². The number of aliphatic imine (C=N–C) groups is 1. The Bertz CT molecular complexity index is 717. The Morgan fingerprint density at radius 3 is 2.31 bits per heavy atom. The zero-order chi connectivity index (χ0) is 18.8. The number of nitrogens with zero attached hydrogens (tertiary/aromatic N) is 1. The average molecular weight is 358 g/mol. The minimum Gasteiger partial charge on any atom is -0.493 e. The van der Waals surface area contributed by atoms with Crippen molar-refractivity contribution in [2.75, 3.05) is 45.1 Å². The molecule has 0 atom stereocenters. The normalized spacial score (nSPS) is 11.1. The fourth-order valence-electron chi connectivity index (χ4n) is 2.30. The Balaban J connectivity index is 1.91. The van der Waals surface area contributed by atoms with Gasteiger partial charge >= 0.3 is 0 Å². The second-order valence-corrected chi connectivity index (χ2v) is 5.51. The van der Waals surface area contributed by atoms with E-state index >= 15 is 0 Å². The molecule has 0 aliphatic heterocycles. The lowest BCUT2D eigenvalue weighted by atomic mass is 10.2. The first-order valence-electron chi connectivity index (χ1n) is 8.27. The van der Waals surface area contributed by atoms with Gasteiger partial charge < -0.3 is 30.6 Å². The number of hydrogen-bond donors (Lipinski definition) is 3. The van der Waals surface area contributed by atoms with E-state index in [0.29, 0.717) is 30.6 Å². The molecule has 0 aromatic heterocycles. The van der Waals surface area contributed by atoms with E-state index in [2.05, 4.69) is 15.6 Å². The number of nitrogens with two attached hydrogens (primary N) is 1. The van der Waals surface area contributed by atoms with Crippen LogP contribution in [0, 0.1) is 0 Å². The highest BCUT2D eigenvalue weighted by atomic mass is 16.5. The third-order valence-electron chi connectivity index (χ3n) is 3.68. The van der Waals surface area contributed by atoms with Crippen LogP contribution in [0.5, 0.6) is 11.5 Å². The summed E-state index contributed by atoms with van der Waals surface area (Å²) in [5.74, 6) is 1.62. The number of benzene rings is 2. The zero-order valence-electron chi connectivity index (χ0n) is 15.4. The predicted molar refractivity (Wildman–Crippen MR) is 105 cm³/mol. The predicted octanol–water partition coefficient (Wildman–Crippen LogP) is 2.69. The van der Waals surface area contributed by atoms with Crippen LogP contribution in [0.25, 0.3) is 0 Å². The number of nitrogens with one attached hydrogen (secondary N) is 2. The van der Waals surface area contributed by atoms with Crippen LogP contribution in [0.4, 0.5) is 11.4 Å². The summed E-state index contributed by atoms with van der Waals surface area (Å²) >= 11 is 0. The number of guanidine groups is 1. The van der Waals surface area contributed by atoms with Crippen LogP contribution in [-0.4, -0.2) is 40.4 Å². The molecule has 0 heterocycles. The Morgan fingerprint density at radius 2 is 1.65 bits per heavy atom. The maximum absolute atomic E-state index is 5.97. The van der Waals surface area contributed by atoms with Gasteiger partial charge in [0, 0.05) is 31.1 Å². The lowest BCUT2D eigenvalue weighted by molar-refractivity contribution is 0.211. The minimum absolute atomic E-state index is 0.333. The van der Waals surface area contributed by atoms with Crippen LogP contribution in [0.3, 0.4) is 0 Å². The van der Waals surface area contributed by atoms with E-state index < -0.39 is 0 Å². The molecule has 0 aliphatic carbocycles. The van der Waals surface area contributed by atoms with Gasteiger partial charge in [-0.05, 0) is 29.8 Å². The van der Waals surface area contributed by atoms with Crippen molar-refractivity contribution in [2.24, 2.45) is 10.7 Å². The third-order valence-corrected chi connectivity index (χ3v) is 3.68. The van der Waals surface area contributed by atoms with Crippen LogP contribution in [0.15, 0.2) is 47.5 Å². The van der Waals surface area contributed by atoms with Gasteiger partial charge in [-0.15, -0.1) is 0 Å². The van der Waals surface area contributed by atoms with Gasteiger partial charge in [-0.25, -0.2) is 4.99 Å². The summed E-state index contributed by atoms with van der Waals surface area (Å²) in [5.41, 5.74) is 8.86. The molecule has 140 valence electrons. The molecule has 0 amide bonds. The third kappa shape index (κ3) is 5.86. The summed E-state index contributed by atoms with van der Waals surface area (Å²) in [7, 11) is 4.87. The number of rotatable bonds is 9. The minimum atomic E-state index is 0.333. The van der Waals surface area contributed by atoms with Crippen molar-refractivity contribution in [3.8, 4) is 11.5 Å². The Kier molecular flexibility index (Phi) is 7.57. The fourth-order valence-corrected chi connectivity index (χ4v) is 2.30. The molecule has 0 fully saturated rings. The van der Waals surface area contributed by atoms with E-state index in [9.17, 15) is 0 Å². The van der Waals surface area contributed by atoms with E-state index in [1.165, 1.54) is 0 Å². The van der Waals surface area contributed by atoms with E-state index in [-0.39, 0.29) is 0 Å². The van der Waals surface area contributed by atoms with Crippen LogP contribution in [-0.2, 0) is 11.3 Å². The molecule has 0 unspecified atom stereocenters. The summed E-state index contributed by atoms with van der Waals surface area (Å²) in [5, 5.41) is 6.32. The van der Waals surface area contributed by atoms with Crippen molar-refractivity contribution in [2.45, 2.75) is 6.54 Å². The van der Waals surface area contributed by atoms with Gasteiger partial charge in [0.2, 0.25) is 0 Å². The summed E-state index contributed by atoms with van der Waals surface area (Å²) < 4.78 is 15.5. The van der Waals surface area contributed by atoms with E-state index in [1.54, 1.807) is 21.3 Å². The van der Waals surface area contributed by atoms with Crippen molar-refractivity contribution in [1.82, 2.24) is 0 Å². The Hall–Kier alpha value is -2.93. The first-order chi connectivity index (χ1) is 12.7. The van der Waals surface area contributed by atoms with E-state index in [4.69, 9.17) is 19.9 Å². The smallest absolute Gasteiger partial charge is 0.193 e. The molecular weight excluding hydrogens is 332 g/mol. The van der Waals surface area contributed by atoms with Gasteiger partial charge in [0.25, 0.3) is 0 Å². The quantitative estimate of drug-likeness (QED) is 0.363. The SMILES string of the molecule is COCCNc1ccc(CN=C(N)Nc2ccc(OC)c(OC)c2)cc1. The fraction of sp³-hybridized carbons (Fsp3) is 0.316. The molecule has 0 bridgehead atoms. The van der Waals surface area contributed by atoms with Crippen LogP contribution in [0.1, 0.15) is 5.56 Å². The maximum Gasteiger partial charge on any atom is 0.193 e. The van der Waals surface area contributed by atoms with Crippen molar-refractivity contribution >= 4 is 17.3 Å². The highest BCUT2D eigenvalue weighted by Gasteiger charge is 2.05. The molecule has 0 saturated heterocycles. The second-order valence-electron chi connectivity index (χ2n) is 5.51. The zero-order valence-corrected chi connectivity index (χ0v) is 15.4. The molecule has 0 radical (unpaired) electrons. The van der Waals surface area contributed by atoms with Crippen molar-refractivity contribution in [3.63, 3.8) is 0 Å². The molecule has 4 N–H and O–H groups in total. The molecule has 0 spiro atoms. The number of ether oxygens (including phenoxy) is 3. The summed E-state index contributed by atoms with van der Waals surface area (Å²) in [6.45, 7) is 1.94. The molecule has 0 aliphatic rings. The monoisotopic (exact) mass is 358 g/mol. The highest BCUT2D eigenvalue weighted by molar-refractivity contribution is 5.92. The first kappa shape index (κ1) is 19.4. The summed E-state index contributed by atoms with van der Waals surface area (Å²) in [4.78, 5) is 4.36. The molecule has 2 rings (SSSR count). The molecule has 7 heteroatoms. The lowest BCUT2D eigenvalue weighted by Crippen LogP contribution is -2.22. The average Bonchev–Trinajstić information content (AvgIpc) is 2.67. The van der Waals surface area contributed by atoms with Gasteiger partial charge in [-0.2, -0.15) is 0 Å². The molecule has 2 aromatic rings. The van der Waals surface area contributed by atoms with Gasteiger partial charge in [0.1, 0.15) is 0 Å². The van der Waals surface area contributed by atoms with Crippen molar-refractivity contribution in [3.05, 3.63) is 48.0 Å². The van der Waals surface area contributed by atoms with Crippen LogP contribution < -0.4 is 25.8 Å². The molecular formula is C19H26N4O3. The van der Waals surface area contributed by atoms with Gasteiger partial charge in [0.15, 0.2) is 17.5 Å². The van der Waals surface area contributed by atoms with Gasteiger partial charge in [0.05, 0.1) is 27.4 Å². The molecule has 2 aromatic carbocycles. The second kappa shape index (κ2) is 10.1. The summed E-state index contributed by atoms with van der Waals surface area (Å²) in [6, 6.07) is 13.5. The molecule has 0 saturated carbocycles. The van der Waals surface area contributed by atoms with Gasteiger partial charge in [-0.1, -0.05) is 12.1 Å². The highest BCUT2D eigenvalue weighted by Crippen LogP contribution is 2.29. The topological polar surface area (TPSA) is 90.1 Å². The largest absolute Gasteiger partial charge is 0.493 e. The van der Waals surface area contributed by atoms with E-state index in [0.717, 1.165) is 23.5 Å². The number of hydrogen-bond acceptors (Lipinski definition) is 5. The molecule has 7 nitrogen and oxygen atoms in total. The number of methoxy groups -OCH3 is 3. The van der Waals surface area contributed by atoms with Crippen LogP contribution in [0.2, 0.25) is 0 Å². The first-order valence-corrected chi connectivity index (χ1v) is 8.27. The molecule has 26 heavy (non-hydrogen) atoms. The Labute approximate surface area is 154 Å². The Morgan fingerprint density at radius 1 is 0.962 bits per heavy atom.